The molecule has 0 radical (unpaired) electrons. The maximum atomic E-state index is 12.2. The molecule has 0 aliphatic heterocycles. The van der Waals surface area contributed by atoms with E-state index in [-0.39, 0.29) is 17.9 Å². The number of carbonyl (C=O) groups excluding carboxylic acids is 1. The summed E-state index contributed by atoms with van der Waals surface area (Å²) in [6.45, 7) is 10.7. The van der Waals surface area contributed by atoms with Crippen LogP contribution in [-0.4, -0.2) is 31.7 Å². The Balaban J connectivity index is 2.19. The van der Waals surface area contributed by atoms with Crippen LogP contribution >= 0.6 is 0 Å². The Morgan fingerprint density at radius 3 is 2.60 bits per heavy atom. The second kappa shape index (κ2) is 8.63. The first-order valence-electron chi connectivity index (χ1n) is 8.02. The summed E-state index contributed by atoms with van der Waals surface area (Å²) in [6, 6.07) is 0.157. The number of ether oxygens (including phenoxy) is 1. The van der Waals surface area contributed by atoms with Gasteiger partial charge in [0.1, 0.15) is 0 Å². The average molecular weight is 284 g/mol. The maximum Gasteiger partial charge on any atom is 0.223 e. The molecule has 0 bridgehead atoms. The molecule has 0 saturated heterocycles. The molecular formula is C16H32N2O2. The van der Waals surface area contributed by atoms with E-state index in [4.69, 9.17) is 10.5 Å². The van der Waals surface area contributed by atoms with Crippen molar-refractivity contribution >= 4 is 5.91 Å². The highest BCUT2D eigenvalue weighted by molar-refractivity contribution is 5.79. The highest BCUT2D eigenvalue weighted by Crippen LogP contribution is 2.32. The molecule has 4 nitrogen and oxygen atoms in total. The zero-order valence-corrected chi connectivity index (χ0v) is 13.5. The van der Waals surface area contributed by atoms with Gasteiger partial charge in [-0.15, -0.1) is 0 Å². The van der Waals surface area contributed by atoms with Gasteiger partial charge in [0.15, 0.2) is 0 Å². The second-order valence-corrected chi connectivity index (χ2v) is 6.78. The van der Waals surface area contributed by atoms with Crippen LogP contribution in [0.3, 0.4) is 0 Å². The number of hydrogen-bond donors (Lipinski definition) is 2. The van der Waals surface area contributed by atoms with Crippen LogP contribution in [0.5, 0.6) is 0 Å². The molecule has 20 heavy (non-hydrogen) atoms. The summed E-state index contributed by atoms with van der Waals surface area (Å²) in [4.78, 5) is 12.2. The first-order valence-corrected chi connectivity index (χ1v) is 8.02. The topological polar surface area (TPSA) is 64.3 Å². The number of nitrogens with two attached hydrogens (primary N) is 1. The molecule has 3 N–H and O–H groups in total. The Labute approximate surface area is 123 Å². The number of amides is 1. The van der Waals surface area contributed by atoms with E-state index in [1.165, 1.54) is 0 Å². The molecule has 1 fully saturated rings. The van der Waals surface area contributed by atoms with E-state index in [2.05, 4.69) is 33.0 Å². The van der Waals surface area contributed by atoms with Gasteiger partial charge in [-0.2, -0.15) is 0 Å². The molecule has 1 rings (SSSR count). The van der Waals surface area contributed by atoms with Crippen molar-refractivity contribution in [1.82, 2.24) is 5.32 Å². The average Bonchev–Trinajstić information content (AvgIpc) is 2.37. The van der Waals surface area contributed by atoms with Gasteiger partial charge in [-0.1, -0.05) is 27.7 Å². The summed E-state index contributed by atoms with van der Waals surface area (Å²) in [5.41, 5.74) is 6.09. The summed E-state index contributed by atoms with van der Waals surface area (Å²) in [6.07, 6.45) is 2.92. The summed E-state index contributed by atoms with van der Waals surface area (Å²) in [5, 5.41) is 2.99. The summed E-state index contributed by atoms with van der Waals surface area (Å²) in [7, 11) is 0. The molecule has 1 saturated carbocycles. The van der Waals surface area contributed by atoms with Gasteiger partial charge >= 0.3 is 0 Å². The lowest BCUT2D eigenvalue weighted by molar-refractivity contribution is -0.128. The highest BCUT2D eigenvalue weighted by atomic mass is 16.5. The van der Waals surface area contributed by atoms with Gasteiger partial charge in [0.25, 0.3) is 0 Å². The molecule has 0 aromatic rings. The van der Waals surface area contributed by atoms with Gasteiger partial charge < -0.3 is 15.8 Å². The van der Waals surface area contributed by atoms with Crippen LogP contribution in [0.1, 0.15) is 47.0 Å². The monoisotopic (exact) mass is 284 g/mol. The summed E-state index contributed by atoms with van der Waals surface area (Å²) < 4.78 is 5.51. The van der Waals surface area contributed by atoms with E-state index in [0.29, 0.717) is 30.9 Å². The van der Waals surface area contributed by atoms with Crippen molar-refractivity contribution in [1.29, 1.82) is 0 Å². The zero-order valence-electron chi connectivity index (χ0n) is 13.5. The third-order valence-corrected chi connectivity index (χ3v) is 4.41. The molecule has 1 aliphatic rings. The van der Waals surface area contributed by atoms with Crippen LogP contribution in [-0.2, 0) is 9.53 Å². The van der Waals surface area contributed by atoms with E-state index in [1.54, 1.807) is 0 Å². The van der Waals surface area contributed by atoms with E-state index >= 15 is 0 Å². The van der Waals surface area contributed by atoms with Crippen molar-refractivity contribution in [3.05, 3.63) is 0 Å². The fourth-order valence-corrected chi connectivity index (χ4v) is 2.85. The van der Waals surface area contributed by atoms with Crippen LogP contribution in [0.25, 0.3) is 0 Å². The quantitative estimate of drug-likeness (QED) is 0.704. The largest absolute Gasteiger partial charge is 0.380 e. The van der Waals surface area contributed by atoms with Crippen LogP contribution in [0, 0.1) is 23.7 Å². The number of hydrogen-bond acceptors (Lipinski definition) is 3. The predicted octanol–water partition coefficient (Wildman–Crippen LogP) is 2.17. The van der Waals surface area contributed by atoms with Crippen LogP contribution in [0.4, 0.5) is 0 Å². The second-order valence-electron chi connectivity index (χ2n) is 6.78. The lowest BCUT2D eigenvalue weighted by atomic mass is 9.72. The minimum atomic E-state index is 0.0665. The first kappa shape index (κ1) is 17.4. The van der Waals surface area contributed by atoms with Gasteiger partial charge in [-0.3, -0.25) is 4.79 Å². The number of rotatable bonds is 7. The minimum absolute atomic E-state index is 0.0665. The Hall–Kier alpha value is -0.610. The van der Waals surface area contributed by atoms with E-state index in [0.717, 1.165) is 25.9 Å². The van der Waals surface area contributed by atoms with E-state index < -0.39 is 0 Å². The summed E-state index contributed by atoms with van der Waals surface area (Å²) >= 11 is 0. The third kappa shape index (κ3) is 5.80. The molecule has 0 aromatic carbocycles. The van der Waals surface area contributed by atoms with Crippen molar-refractivity contribution < 1.29 is 9.53 Å². The third-order valence-electron chi connectivity index (χ3n) is 4.41. The lowest BCUT2D eigenvalue weighted by Gasteiger charge is -2.36. The Kier molecular flexibility index (Phi) is 7.52. The molecule has 118 valence electrons. The maximum absolute atomic E-state index is 12.2. The summed E-state index contributed by atoms with van der Waals surface area (Å²) in [5.74, 6) is 1.82. The molecule has 4 unspecified atom stereocenters. The van der Waals surface area contributed by atoms with Crippen molar-refractivity contribution in [2.24, 2.45) is 29.4 Å². The van der Waals surface area contributed by atoms with E-state index in [1.807, 2.05) is 0 Å². The molecule has 4 heteroatoms. The lowest BCUT2D eigenvalue weighted by Crippen LogP contribution is -2.45. The molecule has 1 amide bonds. The molecular weight excluding hydrogens is 252 g/mol. The van der Waals surface area contributed by atoms with Gasteiger partial charge in [-0.25, -0.2) is 0 Å². The molecule has 0 spiro atoms. The fraction of sp³-hybridized carbons (Fsp3) is 0.938. The van der Waals surface area contributed by atoms with Crippen LogP contribution < -0.4 is 11.1 Å². The zero-order chi connectivity index (χ0) is 15.1. The first-order chi connectivity index (χ1) is 9.41. The number of carbonyl (C=O) groups is 1. The molecule has 1 aliphatic carbocycles. The van der Waals surface area contributed by atoms with Gasteiger partial charge in [0, 0.05) is 25.1 Å². The standard InChI is InChI=1S/C16H32N2O2/c1-11(2)5-7-20-8-6-18-16(19)14-10-15(17)13(4)9-12(14)3/h11-15H,5-10,17H2,1-4H3,(H,18,19). The fourth-order valence-electron chi connectivity index (χ4n) is 2.85. The minimum Gasteiger partial charge on any atom is -0.380 e. The van der Waals surface area contributed by atoms with Gasteiger partial charge in [0.2, 0.25) is 5.91 Å². The predicted molar refractivity (Wildman–Crippen MR) is 82.3 cm³/mol. The van der Waals surface area contributed by atoms with Gasteiger partial charge in [0.05, 0.1) is 6.61 Å². The Morgan fingerprint density at radius 2 is 1.95 bits per heavy atom. The van der Waals surface area contributed by atoms with Crippen LogP contribution in [0.2, 0.25) is 0 Å². The smallest absolute Gasteiger partial charge is 0.223 e. The number of nitrogens with one attached hydrogen (secondary N) is 1. The Morgan fingerprint density at radius 1 is 1.25 bits per heavy atom. The molecule has 4 atom stereocenters. The van der Waals surface area contributed by atoms with E-state index in [9.17, 15) is 4.79 Å². The van der Waals surface area contributed by atoms with Gasteiger partial charge in [-0.05, 0) is 37.0 Å². The Bertz CT molecular complexity index is 294. The molecule has 0 heterocycles. The SMILES string of the molecule is CC(C)CCOCCNC(=O)C1CC(N)C(C)CC1C. The highest BCUT2D eigenvalue weighted by Gasteiger charge is 2.34. The van der Waals surface area contributed by atoms with Crippen molar-refractivity contribution in [3.63, 3.8) is 0 Å². The van der Waals surface area contributed by atoms with Crippen molar-refractivity contribution in [2.45, 2.75) is 53.0 Å². The van der Waals surface area contributed by atoms with Crippen molar-refractivity contribution in [3.8, 4) is 0 Å². The molecule has 0 aromatic heterocycles. The normalized spacial score (nSPS) is 30.5. The van der Waals surface area contributed by atoms with Crippen LogP contribution in [0.15, 0.2) is 0 Å². The van der Waals surface area contributed by atoms with Crippen molar-refractivity contribution in [2.75, 3.05) is 19.8 Å².